The zero-order valence-corrected chi connectivity index (χ0v) is 13.6. The molecule has 1 aromatic heterocycles. The maximum absolute atomic E-state index is 12.5. The van der Waals surface area contributed by atoms with Crippen LogP contribution in [0.1, 0.15) is 10.4 Å². The van der Waals surface area contributed by atoms with Gasteiger partial charge in [0.2, 0.25) is 0 Å². The lowest BCUT2D eigenvalue weighted by molar-refractivity contribution is -0.118. The molecule has 1 N–H and O–H groups in total. The molecule has 1 aliphatic rings. The van der Waals surface area contributed by atoms with Gasteiger partial charge in [0.15, 0.2) is 11.4 Å². The van der Waals surface area contributed by atoms with Crippen LogP contribution in [0.5, 0.6) is 5.75 Å². The lowest BCUT2D eigenvalue weighted by Gasteiger charge is -2.17. The summed E-state index contributed by atoms with van der Waals surface area (Å²) in [4.78, 5) is 28.6. The van der Waals surface area contributed by atoms with E-state index in [2.05, 4.69) is 10.3 Å². The van der Waals surface area contributed by atoms with Crippen molar-refractivity contribution in [2.75, 3.05) is 11.9 Å². The van der Waals surface area contributed by atoms with Crippen molar-refractivity contribution >= 4 is 39.1 Å². The van der Waals surface area contributed by atoms with Crippen LogP contribution in [0.2, 0.25) is 0 Å². The third-order valence-electron chi connectivity index (χ3n) is 3.77. The van der Waals surface area contributed by atoms with Crippen LogP contribution >= 0.6 is 11.3 Å². The van der Waals surface area contributed by atoms with Gasteiger partial charge >= 0.3 is 0 Å². The van der Waals surface area contributed by atoms with Crippen LogP contribution in [-0.4, -0.2) is 23.0 Å². The van der Waals surface area contributed by atoms with Gasteiger partial charge in [-0.25, -0.2) is 0 Å². The molecule has 2 aromatic carbocycles. The number of carbonyl (C=O) groups excluding carboxylic acids is 2. The maximum Gasteiger partial charge on any atom is 0.279 e. The first-order valence-electron chi connectivity index (χ1n) is 7.32. The molecule has 0 saturated carbocycles. The molecule has 0 spiro atoms. The summed E-state index contributed by atoms with van der Waals surface area (Å²) in [6.07, 6.45) is 0. The molecule has 2 amide bonds. The first-order chi connectivity index (χ1) is 11.6. The Kier molecular flexibility index (Phi) is 3.42. The summed E-state index contributed by atoms with van der Waals surface area (Å²) in [6.45, 7) is -0.0486. The predicted molar refractivity (Wildman–Crippen MR) is 91.3 cm³/mol. The van der Waals surface area contributed by atoms with Gasteiger partial charge in [-0.05, 0) is 30.3 Å². The predicted octanol–water partition coefficient (Wildman–Crippen LogP) is 2.31. The van der Waals surface area contributed by atoms with Crippen LogP contribution in [0.3, 0.4) is 0 Å². The quantitative estimate of drug-likeness (QED) is 0.739. The van der Waals surface area contributed by atoms with Gasteiger partial charge in [-0.15, -0.1) is 0 Å². The van der Waals surface area contributed by atoms with E-state index in [1.165, 1.54) is 11.3 Å². The third kappa shape index (κ3) is 2.48. The summed E-state index contributed by atoms with van der Waals surface area (Å²) in [5.74, 6) is -0.0691. The standard InChI is InChI=1S/C17H13N3O3S/c1-20-12-4-2-3-5-14(12)24-17(20)19-16(22)10-6-7-11-13(8-10)23-9-15(21)18-11/h2-8H,9H2,1H3,(H,18,21). The van der Waals surface area contributed by atoms with Gasteiger partial charge in [0.05, 0.1) is 15.9 Å². The Balaban J connectivity index is 1.73. The van der Waals surface area contributed by atoms with Gasteiger partial charge in [-0.1, -0.05) is 23.5 Å². The summed E-state index contributed by atoms with van der Waals surface area (Å²) in [5, 5.41) is 2.69. The maximum atomic E-state index is 12.5. The monoisotopic (exact) mass is 339 g/mol. The van der Waals surface area contributed by atoms with E-state index in [9.17, 15) is 9.59 Å². The van der Waals surface area contributed by atoms with Crippen LogP contribution in [0, 0.1) is 0 Å². The summed E-state index contributed by atoms with van der Waals surface area (Å²) < 4.78 is 8.31. The first-order valence-corrected chi connectivity index (χ1v) is 8.14. The van der Waals surface area contributed by atoms with Crippen LogP contribution in [0.15, 0.2) is 47.5 Å². The molecule has 0 atom stereocenters. The van der Waals surface area contributed by atoms with Crippen LogP contribution in [0.25, 0.3) is 10.2 Å². The third-order valence-corrected chi connectivity index (χ3v) is 4.89. The number of thiazole rings is 1. The van der Waals surface area contributed by atoms with E-state index >= 15 is 0 Å². The van der Waals surface area contributed by atoms with Crippen molar-refractivity contribution in [2.24, 2.45) is 12.0 Å². The van der Waals surface area contributed by atoms with Crippen molar-refractivity contribution in [3.63, 3.8) is 0 Å². The summed E-state index contributed by atoms with van der Waals surface area (Å²) in [6, 6.07) is 12.8. The Labute approximate surface area is 141 Å². The van der Waals surface area contributed by atoms with E-state index in [1.54, 1.807) is 18.2 Å². The minimum Gasteiger partial charge on any atom is -0.482 e. The van der Waals surface area contributed by atoms with Crippen LogP contribution in [0.4, 0.5) is 5.69 Å². The second kappa shape index (κ2) is 5.61. The Bertz CT molecular complexity index is 1050. The smallest absolute Gasteiger partial charge is 0.279 e. The molecule has 120 valence electrons. The number of benzene rings is 2. The molecule has 4 rings (SSSR count). The van der Waals surface area contributed by atoms with Gasteiger partial charge in [-0.3, -0.25) is 9.59 Å². The van der Waals surface area contributed by atoms with Crippen molar-refractivity contribution in [3.05, 3.63) is 52.8 Å². The normalized spacial score (nSPS) is 14.2. The average Bonchev–Trinajstić information content (AvgIpc) is 2.90. The molecule has 1 aliphatic heterocycles. The topological polar surface area (TPSA) is 72.7 Å². The van der Waals surface area contributed by atoms with Crippen LogP contribution in [-0.2, 0) is 11.8 Å². The first kappa shape index (κ1) is 14.6. The fourth-order valence-corrected chi connectivity index (χ4v) is 3.56. The number of fused-ring (bicyclic) bond motifs is 2. The van der Waals surface area contributed by atoms with E-state index < -0.39 is 0 Å². The van der Waals surface area contributed by atoms with Gasteiger partial charge in [0, 0.05) is 12.6 Å². The Morgan fingerprint density at radius 2 is 2.12 bits per heavy atom. The summed E-state index contributed by atoms with van der Waals surface area (Å²) >= 11 is 1.46. The number of rotatable bonds is 1. The molecule has 7 heteroatoms. The number of hydrogen-bond acceptors (Lipinski definition) is 4. The fourth-order valence-electron chi connectivity index (χ4n) is 2.55. The van der Waals surface area contributed by atoms with E-state index in [-0.39, 0.29) is 18.4 Å². The Morgan fingerprint density at radius 3 is 2.96 bits per heavy atom. The highest BCUT2D eigenvalue weighted by Crippen LogP contribution is 2.28. The van der Waals surface area contributed by atoms with Crippen molar-refractivity contribution in [2.45, 2.75) is 0 Å². The molecule has 0 bridgehead atoms. The number of anilines is 1. The zero-order chi connectivity index (χ0) is 16.7. The van der Waals surface area contributed by atoms with E-state index in [0.29, 0.717) is 21.8 Å². The minimum absolute atomic E-state index is 0.0486. The number of carbonyl (C=O) groups is 2. The lowest BCUT2D eigenvalue weighted by Crippen LogP contribution is -2.25. The minimum atomic E-state index is -0.347. The Hall–Kier alpha value is -2.93. The van der Waals surface area contributed by atoms with E-state index in [1.807, 2.05) is 35.9 Å². The van der Waals surface area contributed by atoms with E-state index in [4.69, 9.17) is 4.74 Å². The number of hydrogen-bond donors (Lipinski definition) is 1. The Morgan fingerprint density at radius 1 is 1.29 bits per heavy atom. The van der Waals surface area contributed by atoms with Crippen LogP contribution < -0.4 is 14.9 Å². The highest BCUT2D eigenvalue weighted by molar-refractivity contribution is 7.16. The molecule has 0 radical (unpaired) electrons. The van der Waals surface area contributed by atoms with E-state index in [0.717, 1.165) is 10.2 Å². The number of aryl methyl sites for hydroxylation is 1. The highest BCUT2D eigenvalue weighted by atomic mass is 32.1. The van der Waals surface area contributed by atoms with Gasteiger partial charge in [0.25, 0.3) is 11.8 Å². The highest BCUT2D eigenvalue weighted by Gasteiger charge is 2.17. The van der Waals surface area contributed by atoms with Crippen molar-refractivity contribution in [1.82, 2.24) is 4.57 Å². The van der Waals surface area contributed by atoms with Gasteiger partial charge < -0.3 is 14.6 Å². The SMILES string of the molecule is Cn1c(=NC(=O)c2ccc3c(c2)OCC(=O)N3)sc2ccccc21. The zero-order valence-electron chi connectivity index (χ0n) is 12.8. The molecule has 3 aromatic rings. The molecule has 0 fully saturated rings. The van der Waals surface area contributed by atoms with Gasteiger partial charge in [0.1, 0.15) is 5.75 Å². The molecule has 0 unspecified atom stereocenters. The number of nitrogens with one attached hydrogen (secondary N) is 1. The number of aromatic nitrogens is 1. The summed E-state index contributed by atoms with van der Waals surface area (Å²) in [5.41, 5.74) is 2.02. The number of ether oxygens (including phenoxy) is 1. The van der Waals surface area contributed by atoms with Crippen molar-refractivity contribution < 1.29 is 14.3 Å². The number of para-hydroxylation sites is 1. The number of amides is 2. The largest absolute Gasteiger partial charge is 0.482 e. The van der Waals surface area contributed by atoms with Crippen molar-refractivity contribution in [3.8, 4) is 5.75 Å². The second-order valence-electron chi connectivity index (χ2n) is 5.38. The molecule has 0 saturated heterocycles. The number of nitrogens with zero attached hydrogens (tertiary/aromatic N) is 2. The molecule has 2 heterocycles. The lowest BCUT2D eigenvalue weighted by atomic mass is 10.1. The molecule has 0 aliphatic carbocycles. The summed E-state index contributed by atoms with van der Waals surface area (Å²) in [7, 11) is 1.89. The average molecular weight is 339 g/mol. The molecule has 24 heavy (non-hydrogen) atoms. The second-order valence-corrected chi connectivity index (χ2v) is 6.39. The molecular weight excluding hydrogens is 326 g/mol. The fraction of sp³-hybridized carbons (Fsp3) is 0.118. The van der Waals surface area contributed by atoms with Crippen molar-refractivity contribution in [1.29, 1.82) is 0 Å². The molecular formula is C17H13N3O3S. The molecule has 6 nitrogen and oxygen atoms in total. The van der Waals surface area contributed by atoms with Gasteiger partial charge in [-0.2, -0.15) is 4.99 Å².